The molecule has 2 aromatic heterocycles. The predicted octanol–water partition coefficient (Wildman–Crippen LogP) is 1.56. The molecular weight excluding hydrogens is 260 g/mol. The zero-order chi connectivity index (χ0) is 14.4. The third-order valence-electron chi connectivity index (χ3n) is 2.67. The van der Waals surface area contributed by atoms with Crippen LogP contribution in [0, 0.1) is 21.4 Å². The van der Waals surface area contributed by atoms with Crippen molar-refractivity contribution in [2.45, 2.75) is 13.0 Å². The lowest BCUT2D eigenvalue weighted by Crippen LogP contribution is -2.09. The van der Waals surface area contributed by atoms with Crippen molar-refractivity contribution < 1.29 is 4.92 Å². The Morgan fingerprint density at radius 3 is 3.00 bits per heavy atom. The summed E-state index contributed by atoms with van der Waals surface area (Å²) in [6.07, 6.45) is 7.37. The van der Waals surface area contributed by atoms with Crippen molar-refractivity contribution >= 4 is 11.5 Å². The maximum absolute atomic E-state index is 11.0. The quantitative estimate of drug-likeness (QED) is 0.485. The average Bonchev–Trinajstić information content (AvgIpc) is 2.96. The SMILES string of the molecule is N#Cc1ccnc(NCCCn2ccnc2)c1[N+](=O)[O-]. The zero-order valence-electron chi connectivity index (χ0n) is 10.6. The second-order valence-corrected chi connectivity index (χ2v) is 4.01. The molecule has 0 saturated heterocycles. The van der Waals surface area contributed by atoms with Gasteiger partial charge in [-0.3, -0.25) is 10.1 Å². The fraction of sp³-hybridized carbons (Fsp3) is 0.250. The summed E-state index contributed by atoms with van der Waals surface area (Å²) < 4.78 is 1.91. The summed E-state index contributed by atoms with van der Waals surface area (Å²) in [5.41, 5.74) is -0.278. The van der Waals surface area contributed by atoms with E-state index >= 15 is 0 Å². The first-order valence-electron chi connectivity index (χ1n) is 5.95. The van der Waals surface area contributed by atoms with Gasteiger partial charge in [-0.15, -0.1) is 0 Å². The Morgan fingerprint density at radius 1 is 1.50 bits per heavy atom. The van der Waals surface area contributed by atoms with E-state index in [-0.39, 0.29) is 17.1 Å². The molecule has 8 nitrogen and oxygen atoms in total. The van der Waals surface area contributed by atoms with E-state index < -0.39 is 4.92 Å². The summed E-state index contributed by atoms with van der Waals surface area (Å²) in [5.74, 6) is 0.125. The lowest BCUT2D eigenvalue weighted by atomic mass is 10.2. The molecule has 20 heavy (non-hydrogen) atoms. The number of rotatable bonds is 6. The van der Waals surface area contributed by atoms with E-state index in [4.69, 9.17) is 5.26 Å². The van der Waals surface area contributed by atoms with E-state index in [0.717, 1.165) is 13.0 Å². The molecule has 1 N–H and O–H groups in total. The van der Waals surface area contributed by atoms with E-state index in [1.165, 1.54) is 12.3 Å². The van der Waals surface area contributed by atoms with Gasteiger partial charge in [-0.25, -0.2) is 9.97 Å². The van der Waals surface area contributed by atoms with Crippen LogP contribution in [0.25, 0.3) is 0 Å². The monoisotopic (exact) mass is 272 g/mol. The highest BCUT2D eigenvalue weighted by molar-refractivity contribution is 5.63. The molecule has 2 rings (SSSR count). The number of nitro groups is 1. The largest absolute Gasteiger partial charge is 0.364 e. The molecule has 0 amide bonds. The molecule has 0 spiro atoms. The average molecular weight is 272 g/mol. The molecule has 0 bridgehead atoms. The van der Waals surface area contributed by atoms with Crippen molar-refractivity contribution in [1.29, 1.82) is 5.26 Å². The van der Waals surface area contributed by atoms with Crippen molar-refractivity contribution in [2.75, 3.05) is 11.9 Å². The van der Waals surface area contributed by atoms with Crippen molar-refractivity contribution in [3.8, 4) is 6.07 Å². The molecule has 0 aliphatic heterocycles. The van der Waals surface area contributed by atoms with Crippen LogP contribution < -0.4 is 5.32 Å². The van der Waals surface area contributed by atoms with Gasteiger partial charge in [0.2, 0.25) is 5.82 Å². The number of imidazole rings is 1. The molecule has 8 heteroatoms. The van der Waals surface area contributed by atoms with Crippen molar-refractivity contribution in [2.24, 2.45) is 0 Å². The molecule has 0 saturated carbocycles. The third kappa shape index (κ3) is 3.08. The second-order valence-electron chi connectivity index (χ2n) is 4.01. The smallest absolute Gasteiger partial charge is 0.328 e. The minimum Gasteiger partial charge on any atom is -0.364 e. The first-order chi connectivity index (χ1) is 9.72. The third-order valence-corrected chi connectivity index (χ3v) is 2.67. The fourth-order valence-corrected chi connectivity index (χ4v) is 1.75. The van der Waals surface area contributed by atoms with Crippen LogP contribution in [-0.2, 0) is 6.54 Å². The minimum atomic E-state index is -0.593. The fourth-order valence-electron chi connectivity index (χ4n) is 1.75. The van der Waals surface area contributed by atoms with Gasteiger partial charge in [0, 0.05) is 31.7 Å². The number of aryl methyl sites for hydroxylation is 1. The minimum absolute atomic E-state index is 0.00195. The molecule has 0 aliphatic carbocycles. The Morgan fingerprint density at radius 2 is 2.35 bits per heavy atom. The first-order valence-corrected chi connectivity index (χ1v) is 5.95. The Bertz CT molecular complexity index is 632. The van der Waals surface area contributed by atoms with E-state index in [9.17, 15) is 10.1 Å². The van der Waals surface area contributed by atoms with Crippen LogP contribution in [0.15, 0.2) is 31.0 Å². The maximum Gasteiger partial charge on any atom is 0.328 e. The van der Waals surface area contributed by atoms with Crippen LogP contribution in [-0.4, -0.2) is 26.0 Å². The van der Waals surface area contributed by atoms with Crippen LogP contribution in [0.4, 0.5) is 11.5 Å². The topological polar surface area (TPSA) is 110 Å². The van der Waals surface area contributed by atoms with Crippen LogP contribution in [0.2, 0.25) is 0 Å². The van der Waals surface area contributed by atoms with Crippen LogP contribution in [0.3, 0.4) is 0 Å². The normalized spacial score (nSPS) is 9.95. The Kier molecular flexibility index (Phi) is 4.24. The highest BCUT2D eigenvalue weighted by atomic mass is 16.6. The molecule has 0 aliphatic rings. The Hall–Kier alpha value is -2.95. The molecular formula is C12H12N6O2. The number of nitriles is 1. The van der Waals surface area contributed by atoms with E-state index in [2.05, 4.69) is 15.3 Å². The van der Waals surface area contributed by atoms with Gasteiger partial charge in [-0.1, -0.05) is 0 Å². The number of nitrogens with zero attached hydrogens (tertiary/aromatic N) is 5. The molecule has 0 aromatic carbocycles. The molecule has 0 atom stereocenters. The van der Waals surface area contributed by atoms with Gasteiger partial charge in [-0.05, 0) is 12.5 Å². The molecule has 0 unspecified atom stereocenters. The summed E-state index contributed by atoms with van der Waals surface area (Å²) in [4.78, 5) is 18.2. The van der Waals surface area contributed by atoms with Gasteiger partial charge in [0.15, 0.2) is 0 Å². The number of anilines is 1. The zero-order valence-corrected chi connectivity index (χ0v) is 10.6. The molecule has 2 heterocycles. The summed E-state index contributed by atoms with van der Waals surface area (Å²) in [7, 11) is 0. The number of hydrogen-bond acceptors (Lipinski definition) is 6. The van der Waals surface area contributed by atoms with Gasteiger partial charge in [-0.2, -0.15) is 5.26 Å². The summed E-state index contributed by atoms with van der Waals surface area (Å²) in [6, 6.07) is 3.12. The number of hydrogen-bond donors (Lipinski definition) is 1. The van der Waals surface area contributed by atoms with E-state index in [1.54, 1.807) is 18.6 Å². The predicted molar refractivity (Wildman–Crippen MR) is 70.9 cm³/mol. The summed E-state index contributed by atoms with van der Waals surface area (Å²) in [6.45, 7) is 1.26. The van der Waals surface area contributed by atoms with Gasteiger partial charge in [0.1, 0.15) is 11.6 Å². The highest BCUT2D eigenvalue weighted by Gasteiger charge is 2.20. The molecule has 2 aromatic rings. The lowest BCUT2D eigenvalue weighted by molar-refractivity contribution is -0.384. The second kappa shape index (κ2) is 6.29. The van der Waals surface area contributed by atoms with E-state index in [0.29, 0.717) is 6.54 Å². The van der Waals surface area contributed by atoms with Gasteiger partial charge >= 0.3 is 5.69 Å². The van der Waals surface area contributed by atoms with Crippen molar-refractivity contribution in [1.82, 2.24) is 14.5 Å². The summed E-state index contributed by atoms with van der Waals surface area (Å²) in [5, 5.41) is 22.7. The number of aromatic nitrogens is 3. The standard InChI is InChI=1S/C12H12N6O2/c13-8-10-2-4-16-12(11(10)18(19)20)15-3-1-6-17-7-5-14-9-17/h2,4-5,7,9H,1,3,6H2,(H,15,16). The molecule has 0 fully saturated rings. The first kappa shape index (κ1) is 13.5. The van der Waals surface area contributed by atoms with Crippen LogP contribution in [0.5, 0.6) is 0 Å². The van der Waals surface area contributed by atoms with Crippen molar-refractivity contribution in [3.05, 3.63) is 46.7 Å². The Labute approximate surface area is 114 Å². The Balaban J connectivity index is 1.99. The van der Waals surface area contributed by atoms with Gasteiger partial charge < -0.3 is 9.88 Å². The number of nitrogens with one attached hydrogen (secondary N) is 1. The molecule has 102 valence electrons. The highest BCUT2D eigenvalue weighted by Crippen LogP contribution is 2.25. The van der Waals surface area contributed by atoms with Crippen LogP contribution >= 0.6 is 0 Å². The van der Waals surface area contributed by atoms with Gasteiger partial charge in [0.05, 0.1) is 11.3 Å². The summed E-state index contributed by atoms with van der Waals surface area (Å²) >= 11 is 0. The lowest BCUT2D eigenvalue weighted by Gasteiger charge is -2.07. The van der Waals surface area contributed by atoms with Gasteiger partial charge in [0.25, 0.3) is 0 Å². The maximum atomic E-state index is 11.0. The van der Waals surface area contributed by atoms with Crippen LogP contribution in [0.1, 0.15) is 12.0 Å². The number of pyridine rings is 1. The molecule has 0 radical (unpaired) electrons. The van der Waals surface area contributed by atoms with E-state index in [1.807, 2.05) is 10.8 Å². The van der Waals surface area contributed by atoms with Crippen molar-refractivity contribution in [3.63, 3.8) is 0 Å².